The van der Waals surface area contributed by atoms with Crippen molar-refractivity contribution >= 4 is 34.3 Å². The minimum Gasteiger partial charge on any atom is -0.317 e. The molecule has 200 valence electrons. The van der Waals surface area contributed by atoms with Crippen molar-refractivity contribution in [3.8, 4) is 5.69 Å². The molecule has 3 N–H and O–H groups in total. The van der Waals surface area contributed by atoms with E-state index in [0.29, 0.717) is 22.1 Å². The first-order chi connectivity index (χ1) is 18.2. The smallest absolute Gasteiger partial charge is 0.317 e. The Bertz CT molecular complexity index is 1370. The molecule has 5 rings (SSSR count). The number of halogens is 4. The Morgan fingerprint density at radius 2 is 1.89 bits per heavy atom. The maximum absolute atomic E-state index is 13.2. The second-order valence-corrected chi connectivity index (χ2v) is 9.44. The van der Waals surface area contributed by atoms with Gasteiger partial charge in [-0.25, -0.2) is 15.8 Å². The first kappa shape index (κ1) is 27.6. The van der Waals surface area contributed by atoms with Crippen molar-refractivity contribution in [1.29, 1.82) is 0 Å². The fourth-order valence-electron chi connectivity index (χ4n) is 4.50. The van der Waals surface area contributed by atoms with E-state index in [2.05, 4.69) is 26.8 Å². The molecule has 0 atom stereocenters. The van der Waals surface area contributed by atoms with Crippen LogP contribution in [0.15, 0.2) is 67.9 Å². The number of hydrazine groups is 1. The number of alkyl halides is 3. The van der Waals surface area contributed by atoms with E-state index in [9.17, 15) is 13.2 Å². The molecular weight excluding hydrogens is 515 g/mol. The van der Waals surface area contributed by atoms with Gasteiger partial charge in [0.15, 0.2) is 0 Å². The van der Waals surface area contributed by atoms with E-state index in [4.69, 9.17) is 17.4 Å². The molecular formula is C27H29ClF3N7. The number of anilines is 1. The Kier molecular flexibility index (Phi) is 8.65. The zero-order valence-corrected chi connectivity index (χ0v) is 21.6. The molecule has 1 fully saturated rings. The SMILES string of the molecule is C=Cc1cc(-n2ccnc2)ccn1.CNC1CCC(N(N)c2cc(C(F)(F)F)nc3ccc(Cl)cc23)CC1. The quantitative estimate of drug-likeness (QED) is 0.236. The molecule has 1 aliphatic carbocycles. The van der Waals surface area contributed by atoms with E-state index in [1.54, 1.807) is 30.9 Å². The Morgan fingerprint density at radius 3 is 2.53 bits per heavy atom. The molecule has 38 heavy (non-hydrogen) atoms. The molecule has 0 radical (unpaired) electrons. The van der Waals surface area contributed by atoms with Crippen molar-refractivity contribution in [3.63, 3.8) is 0 Å². The van der Waals surface area contributed by atoms with Gasteiger partial charge in [-0.05, 0) is 75.2 Å². The second kappa shape index (κ2) is 11.9. The lowest BCUT2D eigenvalue weighted by Gasteiger charge is -2.36. The molecule has 0 unspecified atom stereocenters. The standard InChI is InChI=1S/C17H20ClF3N4.C10H9N3/c1-23-11-3-5-12(6-4-11)25(22)15-9-16(17(19,20)21)24-14-7-2-10(18)8-13(14)15;1-2-9-7-10(3-4-12-9)13-6-5-11-8-13/h2,7-9,11-12,23H,3-6,22H2,1H3;2-8H,1H2. The van der Waals surface area contributed by atoms with Crippen LogP contribution >= 0.6 is 11.6 Å². The van der Waals surface area contributed by atoms with Gasteiger partial charge in [-0.1, -0.05) is 18.2 Å². The summed E-state index contributed by atoms with van der Waals surface area (Å²) in [6.45, 7) is 3.67. The van der Waals surface area contributed by atoms with Crippen molar-refractivity contribution < 1.29 is 13.2 Å². The number of pyridine rings is 2. The molecule has 0 saturated heterocycles. The van der Waals surface area contributed by atoms with Crippen LogP contribution in [-0.4, -0.2) is 38.7 Å². The molecule has 4 aromatic rings. The highest BCUT2D eigenvalue weighted by Crippen LogP contribution is 2.36. The van der Waals surface area contributed by atoms with Crippen LogP contribution in [0.2, 0.25) is 5.02 Å². The van der Waals surface area contributed by atoms with Gasteiger partial charge in [0.05, 0.1) is 28.9 Å². The van der Waals surface area contributed by atoms with Crippen LogP contribution in [0.4, 0.5) is 18.9 Å². The first-order valence-electron chi connectivity index (χ1n) is 12.1. The van der Waals surface area contributed by atoms with Crippen molar-refractivity contribution in [1.82, 2.24) is 24.8 Å². The monoisotopic (exact) mass is 543 g/mol. The summed E-state index contributed by atoms with van der Waals surface area (Å²) < 4.78 is 41.6. The molecule has 0 bridgehead atoms. The number of nitrogens with zero attached hydrogens (tertiary/aromatic N) is 5. The molecule has 11 heteroatoms. The highest BCUT2D eigenvalue weighted by molar-refractivity contribution is 6.31. The summed E-state index contributed by atoms with van der Waals surface area (Å²) >= 11 is 6.03. The summed E-state index contributed by atoms with van der Waals surface area (Å²) in [6, 6.07) is 9.93. The summed E-state index contributed by atoms with van der Waals surface area (Å²) in [6.07, 6.45) is 7.83. The Hall–Kier alpha value is -3.47. The number of imidazole rings is 1. The van der Waals surface area contributed by atoms with Crippen LogP contribution in [0.3, 0.4) is 0 Å². The predicted octanol–water partition coefficient (Wildman–Crippen LogP) is 6.03. The third-order valence-electron chi connectivity index (χ3n) is 6.59. The zero-order chi connectivity index (χ0) is 27.3. The zero-order valence-electron chi connectivity index (χ0n) is 20.9. The summed E-state index contributed by atoms with van der Waals surface area (Å²) in [4.78, 5) is 11.8. The number of hydrogen-bond donors (Lipinski definition) is 2. The van der Waals surface area contributed by atoms with Gasteiger partial charge in [0.1, 0.15) is 5.69 Å². The minimum atomic E-state index is -4.53. The normalized spacial score (nSPS) is 17.5. The molecule has 0 spiro atoms. The maximum atomic E-state index is 13.2. The average Bonchev–Trinajstić information content (AvgIpc) is 3.47. The lowest BCUT2D eigenvalue weighted by Crippen LogP contribution is -2.46. The molecule has 0 amide bonds. The summed E-state index contributed by atoms with van der Waals surface area (Å²) in [5.74, 6) is 6.26. The van der Waals surface area contributed by atoms with E-state index in [0.717, 1.165) is 43.1 Å². The van der Waals surface area contributed by atoms with Crippen molar-refractivity contribution in [2.75, 3.05) is 12.1 Å². The molecule has 3 aromatic heterocycles. The second-order valence-electron chi connectivity index (χ2n) is 9.00. The Morgan fingerprint density at radius 1 is 1.13 bits per heavy atom. The van der Waals surface area contributed by atoms with Gasteiger partial charge in [0, 0.05) is 41.1 Å². The van der Waals surface area contributed by atoms with E-state index >= 15 is 0 Å². The van der Waals surface area contributed by atoms with E-state index in [-0.39, 0.29) is 11.6 Å². The third kappa shape index (κ3) is 6.50. The lowest BCUT2D eigenvalue weighted by atomic mass is 9.90. The van der Waals surface area contributed by atoms with Crippen LogP contribution in [0.1, 0.15) is 37.1 Å². The number of hydrogen-bond acceptors (Lipinski definition) is 6. The Labute approximate surface area is 224 Å². The first-order valence-corrected chi connectivity index (χ1v) is 12.5. The van der Waals surface area contributed by atoms with Crippen LogP contribution < -0.4 is 16.2 Å². The molecule has 3 heterocycles. The number of nitrogens with one attached hydrogen (secondary N) is 1. The largest absolute Gasteiger partial charge is 0.433 e. The van der Waals surface area contributed by atoms with Crippen LogP contribution in [-0.2, 0) is 6.18 Å². The highest BCUT2D eigenvalue weighted by atomic mass is 35.5. The maximum Gasteiger partial charge on any atom is 0.433 e. The van der Waals surface area contributed by atoms with Gasteiger partial charge >= 0.3 is 6.18 Å². The summed E-state index contributed by atoms with van der Waals surface area (Å²) in [5, 5.41) is 5.65. The number of aromatic nitrogens is 4. The van der Waals surface area contributed by atoms with Gasteiger partial charge in [-0.3, -0.25) is 4.98 Å². The van der Waals surface area contributed by atoms with Crippen LogP contribution in [0.5, 0.6) is 0 Å². The van der Waals surface area contributed by atoms with Crippen LogP contribution in [0, 0.1) is 0 Å². The average molecular weight is 544 g/mol. The number of rotatable bonds is 5. The van der Waals surface area contributed by atoms with Gasteiger partial charge in [-0.15, -0.1) is 0 Å². The van der Waals surface area contributed by atoms with Gasteiger partial charge < -0.3 is 14.9 Å². The minimum absolute atomic E-state index is 0.0183. The fraction of sp³-hybridized carbons (Fsp3) is 0.296. The van der Waals surface area contributed by atoms with E-state index in [1.165, 1.54) is 17.1 Å². The molecule has 1 saturated carbocycles. The molecule has 0 aliphatic heterocycles. The van der Waals surface area contributed by atoms with Gasteiger partial charge in [0.25, 0.3) is 0 Å². The number of fused-ring (bicyclic) bond motifs is 1. The number of nitrogens with two attached hydrogens (primary N) is 1. The molecule has 1 aromatic carbocycles. The van der Waals surface area contributed by atoms with E-state index in [1.807, 2.05) is 29.9 Å². The lowest BCUT2D eigenvalue weighted by molar-refractivity contribution is -0.140. The summed E-state index contributed by atoms with van der Waals surface area (Å²) in [7, 11) is 1.92. The van der Waals surface area contributed by atoms with Crippen molar-refractivity contribution in [2.45, 2.75) is 43.9 Å². The third-order valence-corrected chi connectivity index (χ3v) is 6.83. The molecule has 7 nitrogen and oxygen atoms in total. The highest BCUT2D eigenvalue weighted by Gasteiger charge is 2.34. The van der Waals surface area contributed by atoms with Crippen LogP contribution in [0.25, 0.3) is 22.7 Å². The van der Waals surface area contributed by atoms with Gasteiger partial charge in [-0.2, -0.15) is 13.2 Å². The Balaban J connectivity index is 0.000000216. The topological polar surface area (TPSA) is 84.9 Å². The molecule has 1 aliphatic rings. The predicted molar refractivity (Wildman–Crippen MR) is 145 cm³/mol. The van der Waals surface area contributed by atoms with Crippen molar-refractivity contribution in [2.24, 2.45) is 5.84 Å². The number of benzene rings is 1. The summed E-state index contributed by atoms with van der Waals surface area (Å²) in [5.41, 5.74) is 1.51. The van der Waals surface area contributed by atoms with Gasteiger partial charge in [0.2, 0.25) is 0 Å². The van der Waals surface area contributed by atoms with E-state index < -0.39 is 11.9 Å². The van der Waals surface area contributed by atoms with Crippen molar-refractivity contribution in [3.05, 3.63) is 84.3 Å². The fourth-order valence-corrected chi connectivity index (χ4v) is 4.67.